The molecule has 0 aromatic carbocycles. The number of aliphatic hydroxyl groups is 4. The number of aldehydes is 1. The number of aliphatic hydroxyl groups excluding tert-OH is 4. The number of rotatable bonds is 7. The number of carbonyl (C=O) groups is 1. The van der Waals surface area contributed by atoms with Crippen molar-refractivity contribution in [2.24, 2.45) is 0 Å². The van der Waals surface area contributed by atoms with Crippen LogP contribution >= 0.6 is 0 Å². The van der Waals surface area contributed by atoms with Gasteiger partial charge in [-0.25, -0.2) is 0 Å². The summed E-state index contributed by atoms with van der Waals surface area (Å²) in [6.07, 6.45) is -3.66. The van der Waals surface area contributed by atoms with Crippen LogP contribution < -0.4 is 0 Å². The molecule has 1 saturated heterocycles. The van der Waals surface area contributed by atoms with Gasteiger partial charge in [0.05, 0.1) is 6.61 Å². The first kappa shape index (κ1) is 15.5. The lowest BCUT2D eigenvalue weighted by Gasteiger charge is -2.39. The molecule has 7 heteroatoms. The number of unbranched alkanes of at least 4 members (excludes halogenated alkanes) is 2. The Bertz CT molecular complexity index is 246. The minimum atomic E-state index is -1.42. The summed E-state index contributed by atoms with van der Waals surface area (Å²) in [6, 6.07) is 0. The van der Waals surface area contributed by atoms with Crippen LogP contribution in [0, 0.1) is 0 Å². The maximum Gasteiger partial charge on any atom is 0.186 e. The van der Waals surface area contributed by atoms with Crippen molar-refractivity contribution in [2.75, 3.05) is 13.2 Å². The molecule has 1 heterocycles. The first-order valence-electron chi connectivity index (χ1n) is 5.97. The molecule has 0 amide bonds. The lowest BCUT2D eigenvalue weighted by atomic mass is 9.99. The number of hydrogen-bond acceptors (Lipinski definition) is 7. The molecule has 0 radical (unpaired) electrons. The zero-order valence-corrected chi connectivity index (χ0v) is 10.0. The van der Waals surface area contributed by atoms with Gasteiger partial charge in [0.2, 0.25) is 0 Å². The Morgan fingerprint density at radius 3 is 2.44 bits per heavy atom. The molecule has 1 rings (SSSR count). The minimum absolute atomic E-state index is 0.260. The standard InChI is InChI=1S/C11H20O7/c12-4-2-1-3-5-17-11-10(16)9(15)8(14)7(6-13)18-11/h4,7-11,13-16H,1-3,5-6H2/t7?,8-,9?,10?,11+/m1/s1. The molecule has 1 aliphatic heterocycles. The monoisotopic (exact) mass is 264 g/mol. The van der Waals surface area contributed by atoms with Gasteiger partial charge in [0, 0.05) is 13.0 Å². The van der Waals surface area contributed by atoms with Crippen LogP contribution in [0.15, 0.2) is 0 Å². The van der Waals surface area contributed by atoms with Crippen LogP contribution in [0.5, 0.6) is 0 Å². The van der Waals surface area contributed by atoms with Crippen LogP contribution in [-0.4, -0.2) is 70.6 Å². The van der Waals surface area contributed by atoms with E-state index in [9.17, 15) is 20.1 Å². The summed E-state index contributed by atoms with van der Waals surface area (Å²) >= 11 is 0. The van der Waals surface area contributed by atoms with Crippen molar-refractivity contribution in [1.82, 2.24) is 0 Å². The maximum absolute atomic E-state index is 10.1. The molecular formula is C11H20O7. The van der Waals surface area contributed by atoms with Crippen molar-refractivity contribution >= 4 is 6.29 Å². The van der Waals surface area contributed by atoms with Gasteiger partial charge in [0.15, 0.2) is 6.29 Å². The Hall–Kier alpha value is -0.570. The summed E-state index contributed by atoms with van der Waals surface area (Å²) < 4.78 is 10.4. The molecule has 0 aromatic heterocycles. The van der Waals surface area contributed by atoms with Crippen LogP contribution in [0.4, 0.5) is 0 Å². The molecule has 0 saturated carbocycles. The van der Waals surface area contributed by atoms with E-state index in [2.05, 4.69) is 0 Å². The van der Waals surface area contributed by atoms with E-state index >= 15 is 0 Å². The number of ether oxygens (including phenoxy) is 2. The fourth-order valence-electron chi connectivity index (χ4n) is 1.73. The van der Waals surface area contributed by atoms with Crippen LogP contribution in [0.1, 0.15) is 19.3 Å². The average Bonchev–Trinajstić information content (AvgIpc) is 2.38. The van der Waals surface area contributed by atoms with E-state index in [0.29, 0.717) is 19.3 Å². The molecule has 1 fully saturated rings. The molecule has 0 spiro atoms. The highest BCUT2D eigenvalue weighted by molar-refractivity contribution is 5.48. The van der Waals surface area contributed by atoms with Crippen molar-refractivity contribution in [3.63, 3.8) is 0 Å². The van der Waals surface area contributed by atoms with E-state index in [1.54, 1.807) is 0 Å². The Morgan fingerprint density at radius 1 is 1.11 bits per heavy atom. The number of hydrogen-bond donors (Lipinski definition) is 4. The fraction of sp³-hybridized carbons (Fsp3) is 0.909. The fourth-order valence-corrected chi connectivity index (χ4v) is 1.73. The van der Waals surface area contributed by atoms with Gasteiger partial charge in [-0.3, -0.25) is 0 Å². The summed E-state index contributed by atoms with van der Waals surface area (Å²) in [4.78, 5) is 10.1. The van der Waals surface area contributed by atoms with Crippen LogP contribution in [0.25, 0.3) is 0 Å². The second-order valence-corrected chi connectivity index (χ2v) is 4.23. The summed E-state index contributed by atoms with van der Waals surface area (Å²) in [6.45, 7) is -0.216. The summed E-state index contributed by atoms with van der Waals surface area (Å²) in [5.74, 6) is 0. The van der Waals surface area contributed by atoms with E-state index in [1.165, 1.54) is 0 Å². The zero-order valence-electron chi connectivity index (χ0n) is 10.0. The van der Waals surface area contributed by atoms with Gasteiger partial charge in [-0.2, -0.15) is 0 Å². The third-order valence-electron chi connectivity index (χ3n) is 2.85. The molecule has 4 N–H and O–H groups in total. The lowest BCUT2D eigenvalue weighted by Crippen LogP contribution is -2.59. The van der Waals surface area contributed by atoms with Gasteiger partial charge in [0.25, 0.3) is 0 Å². The Kier molecular flexibility index (Phi) is 6.69. The zero-order chi connectivity index (χ0) is 13.5. The minimum Gasteiger partial charge on any atom is -0.394 e. The highest BCUT2D eigenvalue weighted by Gasteiger charge is 2.43. The second-order valence-electron chi connectivity index (χ2n) is 4.23. The van der Waals surface area contributed by atoms with Gasteiger partial charge >= 0.3 is 0 Å². The predicted octanol–water partition coefficient (Wildman–Crippen LogP) is -1.83. The molecule has 0 bridgehead atoms. The van der Waals surface area contributed by atoms with E-state index in [4.69, 9.17) is 14.6 Å². The first-order valence-corrected chi connectivity index (χ1v) is 5.97. The highest BCUT2D eigenvalue weighted by atomic mass is 16.7. The van der Waals surface area contributed by atoms with Crippen LogP contribution in [-0.2, 0) is 14.3 Å². The van der Waals surface area contributed by atoms with Crippen molar-refractivity contribution in [3.8, 4) is 0 Å². The Morgan fingerprint density at radius 2 is 1.83 bits per heavy atom. The third kappa shape index (κ3) is 3.98. The van der Waals surface area contributed by atoms with E-state index in [0.717, 1.165) is 6.29 Å². The van der Waals surface area contributed by atoms with Crippen molar-refractivity contribution < 1.29 is 34.7 Å². The lowest BCUT2D eigenvalue weighted by molar-refractivity contribution is -0.301. The molecule has 3 unspecified atom stereocenters. The Balaban J connectivity index is 2.37. The van der Waals surface area contributed by atoms with Gasteiger partial charge < -0.3 is 34.7 Å². The summed E-state index contributed by atoms with van der Waals surface area (Å²) in [5.41, 5.74) is 0. The van der Waals surface area contributed by atoms with Gasteiger partial charge in [-0.1, -0.05) is 0 Å². The number of carbonyl (C=O) groups excluding carboxylic acids is 1. The molecule has 0 aromatic rings. The highest BCUT2D eigenvalue weighted by Crippen LogP contribution is 2.22. The third-order valence-corrected chi connectivity index (χ3v) is 2.85. The van der Waals surface area contributed by atoms with E-state index in [-0.39, 0.29) is 6.61 Å². The van der Waals surface area contributed by atoms with Crippen LogP contribution in [0.3, 0.4) is 0 Å². The average molecular weight is 264 g/mol. The van der Waals surface area contributed by atoms with E-state index < -0.39 is 37.3 Å². The molecule has 18 heavy (non-hydrogen) atoms. The molecule has 106 valence electrons. The molecule has 7 nitrogen and oxygen atoms in total. The summed E-state index contributed by atoms with van der Waals surface area (Å²) in [7, 11) is 0. The summed E-state index contributed by atoms with van der Waals surface area (Å²) in [5, 5.41) is 37.6. The van der Waals surface area contributed by atoms with Gasteiger partial charge in [0.1, 0.15) is 30.7 Å². The van der Waals surface area contributed by atoms with Crippen molar-refractivity contribution in [1.29, 1.82) is 0 Å². The molecular weight excluding hydrogens is 244 g/mol. The first-order chi connectivity index (χ1) is 8.61. The topological polar surface area (TPSA) is 116 Å². The Labute approximate surface area is 105 Å². The molecule has 5 atom stereocenters. The predicted molar refractivity (Wildman–Crippen MR) is 59.6 cm³/mol. The molecule has 0 aliphatic carbocycles. The van der Waals surface area contributed by atoms with Crippen LogP contribution in [0.2, 0.25) is 0 Å². The van der Waals surface area contributed by atoms with Gasteiger partial charge in [-0.15, -0.1) is 0 Å². The quantitative estimate of drug-likeness (QED) is 0.316. The van der Waals surface area contributed by atoms with E-state index in [1.807, 2.05) is 0 Å². The second kappa shape index (κ2) is 7.78. The van der Waals surface area contributed by atoms with Crippen molar-refractivity contribution in [2.45, 2.75) is 50.0 Å². The normalized spacial score (nSPS) is 36.6. The molecule has 1 aliphatic rings. The maximum atomic E-state index is 10.1. The largest absolute Gasteiger partial charge is 0.394 e. The van der Waals surface area contributed by atoms with Gasteiger partial charge in [-0.05, 0) is 12.8 Å². The van der Waals surface area contributed by atoms with Crippen molar-refractivity contribution in [3.05, 3.63) is 0 Å². The SMILES string of the molecule is O=CCCCCO[C@H]1OC(CO)[C@@H](O)C(O)C1O. The smallest absolute Gasteiger partial charge is 0.186 e.